The van der Waals surface area contributed by atoms with Crippen molar-refractivity contribution in [2.24, 2.45) is 0 Å². The SMILES string of the molecule is C[C@H]1CN(C(=O)n2ccc(NS(C)(=O)=O)n2)CCN1Cc1cnc(Cl)c(N2CCC(F)CC2)c1. The maximum atomic E-state index is 13.5. The molecule has 0 bridgehead atoms. The maximum absolute atomic E-state index is 13.5. The molecule has 2 aliphatic heterocycles. The van der Waals surface area contributed by atoms with Crippen molar-refractivity contribution in [3.8, 4) is 0 Å². The van der Waals surface area contributed by atoms with Gasteiger partial charge in [0.2, 0.25) is 10.0 Å². The molecule has 2 fully saturated rings. The van der Waals surface area contributed by atoms with Gasteiger partial charge in [0.25, 0.3) is 0 Å². The average Bonchev–Trinajstić information content (AvgIpc) is 3.23. The van der Waals surface area contributed by atoms with E-state index >= 15 is 0 Å². The zero-order valence-corrected chi connectivity index (χ0v) is 20.8. The molecule has 13 heteroatoms. The lowest BCUT2D eigenvalue weighted by Gasteiger charge is -2.39. The smallest absolute Gasteiger partial charge is 0.344 e. The number of nitrogens with zero attached hydrogens (tertiary/aromatic N) is 6. The van der Waals surface area contributed by atoms with Crippen molar-refractivity contribution in [1.29, 1.82) is 0 Å². The lowest BCUT2D eigenvalue weighted by atomic mass is 10.1. The summed E-state index contributed by atoms with van der Waals surface area (Å²) < 4.78 is 39.7. The first-order valence-electron chi connectivity index (χ1n) is 11.2. The van der Waals surface area contributed by atoms with Gasteiger partial charge in [-0.3, -0.25) is 9.62 Å². The maximum Gasteiger partial charge on any atom is 0.344 e. The third-order valence-corrected chi connectivity index (χ3v) is 7.01. The Morgan fingerprint density at radius 1 is 1.26 bits per heavy atom. The number of rotatable bonds is 5. The van der Waals surface area contributed by atoms with Gasteiger partial charge >= 0.3 is 6.03 Å². The van der Waals surface area contributed by atoms with Gasteiger partial charge in [-0.1, -0.05) is 11.6 Å². The minimum atomic E-state index is -3.47. The fourth-order valence-electron chi connectivity index (χ4n) is 4.33. The van der Waals surface area contributed by atoms with Gasteiger partial charge in [-0.15, -0.1) is 5.10 Å². The van der Waals surface area contributed by atoms with Gasteiger partial charge in [0, 0.05) is 63.8 Å². The highest BCUT2D eigenvalue weighted by Gasteiger charge is 2.28. The van der Waals surface area contributed by atoms with Gasteiger partial charge in [-0.2, -0.15) is 4.68 Å². The largest absolute Gasteiger partial charge is 0.369 e. The number of aromatic nitrogens is 3. The van der Waals surface area contributed by atoms with Crippen molar-refractivity contribution in [3.05, 3.63) is 35.2 Å². The molecule has 2 aromatic heterocycles. The highest BCUT2D eigenvalue weighted by atomic mass is 35.5. The summed E-state index contributed by atoms with van der Waals surface area (Å²) in [7, 11) is -3.47. The Kier molecular flexibility index (Phi) is 7.29. The fraction of sp³-hybridized carbons (Fsp3) is 0.571. The van der Waals surface area contributed by atoms with Crippen LogP contribution in [0.3, 0.4) is 0 Å². The molecule has 0 unspecified atom stereocenters. The number of carbonyl (C=O) groups excluding carboxylic acids is 1. The van der Waals surface area contributed by atoms with Crippen molar-refractivity contribution >= 4 is 39.2 Å². The van der Waals surface area contributed by atoms with Gasteiger partial charge in [-0.25, -0.2) is 22.6 Å². The van der Waals surface area contributed by atoms with Crippen LogP contribution in [0.1, 0.15) is 25.3 Å². The van der Waals surface area contributed by atoms with Gasteiger partial charge < -0.3 is 9.80 Å². The number of carbonyl (C=O) groups is 1. The second-order valence-corrected chi connectivity index (χ2v) is 11.0. The third-order valence-electron chi connectivity index (χ3n) is 6.14. The Bertz CT molecular complexity index is 1140. The van der Waals surface area contributed by atoms with Gasteiger partial charge in [-0.05, 0) is 31.4 Å². The van der Waals surface area contributed by atoms with E-state index in [1.807, 2.05) is 6.07 Å². The molecule has 0 aliphatic carbocycles. The highest BCUT2D eigenvalue weighted by molar-refractivity contribution is 7.92. The number of halogens is 2. The predicted octanol–water partition coefficient (Wildman–Crippen LogP) is 2.42. The minimum Gasteiger partial charge on any atom is -0.369 e. The van der Waals surface area contributed by atoms with Crippen molar-refractivity contribution in [1.82, 2.24) is 24.6 Å². The second-order valence-electron chi connectivity index (χ2n) is 8.88. The summed E-state index contributed by atoms with van der Waals surface area (Å²) in [4.78, 5) is 23.3. The standard InChI is InChI=1S/C21H29ClFN7O3S/c1-15-13-29(21(31)30-8-5-19(25-30)26-34(2,32)33)10-9-28(15)14-16-11-18(20(22)24-12-16)27-6-3-17(23)4-7-27/h5,8,11-12,15,17H,3-4,6-7,9-10,13-14H2,1-2H3,(H,25,26)/t15-/m0/s1. The number of pyridine rings is 1. The first-order chi connectivity index (χ1) is 16.1. The van der Waals surface area contributed by atoms with E-state index in [9.17, 15) is 17.6 Å². The Morgan fingerprint density at radius 3 is 2.68 bits per heavy atom. The third kappa shape index (κ3) is 5.97. The molecule has 0 aromatic carbocycles. The van der Waals surface area contributed by atoms with Crippen molar-refractivity contribution in [3.63, 3.8) is 0 Å². The molecule has 186 valence electrons. The normalized spacial score (nSPS) is 20.5. The number of piperazine rings is 1. The molecule has 4 rings (SSSR count). The summed E-state index contributed by atoms with van der Waals surface area (Å²) in [6.45, 7) is 5.63. The monoisotopic (exact) mass is 513 g/mol. The number of anilines is 2. The zero-order valence-electron chi connectivity index (χ0n) is 19.2. The van der Waals surface area contributed by atoms with Crippen molar-refractivity contribution in [2.45, 2.75) is 38.5 Å². The molecular weight excluding hydrogens is 485 g/mol. The van der Waals surface area contributed by atoms with E-state index in [1.165, 1.54) is 12.3 Å². The summed E-state index contributed by atoms with van der Waals surface area (Å²) in [6, 6.07) is 3.25. The van der Waals surface area contributed by atoms with Crippen LogP contribution in [0.4, 0.5) is 20.7 Å². The second kappa shape index (κ2) is 10.0. The number of nitrogens with one attached hydrogen (secondary N) is 1. The van der Waals surface area contributed by atoms with Crippen molar-refractivity contribution in [2.75, 3.05) is 48.6 Å². The molecule has 2 saturated heterocycles. The van der Waals surface area contributed by atoms with E-state index in [4.69, 9.17) is 11.6 Å². The molecule has 2 aliphatic rings. The zero-order chi connectivity index (χ0) is 24.5. The van der Waals surface area contributed by atoms with Crippen LogP contribution in [0.5, 0.6) is 0 Å². The van der Waals surface area contributed by atoms with Crippen LogP contribution < -0.4 is 9.62 Å². The van der Waals surface area contributed by atoms with Gasteiger partial charge in [0.05, 0.1) is 11.9 Å². The molecule has 1 N–H and O–H groups in total. The molecule has 0 saturated carbocycles. The van der Waals surface area contributed by atoms with Gasteiger partial charge in [0.15, 0.2) is 11.0 Å². The number of piperidine rings is 1. The van der Waals surface area contributed by atoms with Crippen LogP contribution >= 0.6 is 11.6 Å². The van der Waals surface area contributed by atoms with Crippen LogP contribution in [-0.2, 0) is 16.6 Å². The van der Waals surface area contributed by atoms with E-state index in [0.717, 1.165) is 22.2 Å². The van der Waals surface area contributed by atoms with Crippen molar-refractivity contribution < 1.29 is 17.6 Å². The van der Waals surface area contributed by atoms with E-state index in [-0.39, 0.29) is 17.9 Å². The summed E-state index contributed by atoms with van der Waals surface area (Å²) in [5.41, 5.74) is 1.85. The lowest BCUT2D eigenvalue weighted by Crippen LogP contribution is -2.54. The number of amides is 1. The van der Waals surface area contributed by atoms with Crippen LogP contribution in [-0.4, -0.2) is 90.2 Å². The van der Waals surface area contributed by atoms with E-state index < -0.39 is 16.2 Å². The Hall–Kier alpha value is -2.44. The molecular formula is C21H29ClFN7O3S. The predicted molar refractivity (Wildman–Crippen MR) is 129 cm³/mol. The summed E-state index contributed by atoms with van der Waals surface area (Å²) in [6.07, 6.45) is 4.47. The summed E-state index contributed by atoms with van der Waals surface area (Å²) in [5.74, 6) is 0.101. The quantitative estimate of drug-likeness (QED) is 0.612. The summed E-state index contributed by atoms with van der Waals surface area (Å²) in [5, 5.41) is 4.45. The highest BCUT2D eigenvalue weighted by Crippen LogP contribution is 2.29. The van der Waals surface area contributed by atoms with E-state index in [2.05, 4.69) is 31.5 Å². The van der Waals surface area contributed by atoms with Crippen LogP contribution in [0.2, 0.25) is 5.15 Å². The first kappa shape index (κ1) is 24.7. The number of hydrogen-bond donors (Lipinski definition) is 1. The molecule has 1 atom stereocenters. The Balaban J connectivity index is 1.37. The molecule has 2 aromatic rings. The van der Waals surface area contributed by atoms with E-state index in [1.54, 1.807) is 11.1 Å². The molecule has 0 spiro atoms. The van der Waals surface area contributed by atoms with Crippen LogP contribution in [0, 0.1) is 0 Å². The average molecular weight is 514 g/mol. The summed E-state index contributed by atoms with van der Waals surface area (Å²) >= 11 is 6.34. The number of sulfonamides is 1. The molecule has 4 heterocycles. The van der Waals surface area contributed by atoms with E-state index in [0.29, 0.717) is 57.3 Å². The molecule has 1 amide bonds. The van der Waals surface area contributed by atoms with Gasteiger partial charge in [0.1, 0.15) is 6.17 Å². The number of alkyl halides is 1. The molecule has 34 heavy (non-hydrogen) atoms. The van der Waals surface area contributed by atoms with Crippen LogP contribution in [0.25, 0.3) is 0 Å². The van der Waals surface area contributed by atoms with Crippen LogP contribution in [0.15, 0.2) is 24.5 Å². The Labute approximate surface area is 203 Å². The topological polar surface area (TPSA) is 104 Å². The Morgan fingerprint density at radius 2 is 2.00 bits per heavy atom. The first-order valence-corrected chi connectivity index (χ1v) is 13.5. The lowest BCUT2D eigenvalue weighted by molar-refractivity contribution is 0.0920. The molecule has 10 nitrogen and oxygen atoms in total. The number of hydrogen-bond acceptors (Lipinski definition) is 7. The minimum absolute atomic E-state index is 0.0864. The fourth-order valence-corrected chi connectivity index (χ4v) is 5.05. The molecule has 0 radical (unpaired) electrons.